The van der Waals surface area contributed by atoms with Crippen molar-refractivity contribution in [3.63, 3.8) is 0 Å². The van der Waals surface area contributed by atoms with Gasteiger partial charge in [0, 0.05) is 12.6 Å². The average molecular weight is 210 g/mol. The number of hydrogen-bond acceptors (Lipinski definition) is 2. The van der Waals surface area contributed by atoms with Gasteiger partial charge in [-0.05, 0) is 25.1 Å². The molecule has 79 valence electrons. The zero-order valence-electron chi connectivity index (χ0n) is 9.10. The van der Waals surface area contributed by atoms with E-state index in [1.54, 1.807) is 0 Å². The number of anilines is 2. The van der Waals surface area contributed by atoms with E-state index in [9.17, 15) is 0 Å². The van der Waals surface area contributed by atoms with Crippen molar-refractivity contribution in [2.75, 3.05) is 11.4 Å². The Hall–Kier alpha value is -1.96. The van der Waals surface area contributed by atoms with Gasteiger partial charge in [0.1, 0.15) is 0 Å². The third-order valence-corrected chi connectivity index (χ3v) is 2.76. The van der Waals surface area contributed by atoms with E-state index in [2.05, 4.69) is 24.0 Å². The van der Waals surface area contributed by atoms with Crippen LogP contribution >= 0.6 is 0 Å². The van der Waals surface area contributed by atoms with Crippen molar-refractivity contribution in [2.45, 2.75) is 6.92 Å². The maximum Gasteiger partial charge on any atom is 0.151 e. The molecule has 0 atom stereocenters. The monoisotopic (exact) mass is 210 g/mol. The van der Waals surface area contributed by atoms with Gasteiger partial charge in [0.05, 0.1) is 11.4 Å². The maximum absolute atomic E-state index is 5.84. The van der Waals surface area contributed by atoms with Crippen LogP contribution in [0.5, 0.6) is 11.5 Å². The Bertz CT molecular complexity index is 476. The molecule has 0 amide bonds. The zero-order valence-corrected chi connectivity index (χ0v) is 9.10. The quantitative estimate of drug-likeness (QED) is 0.710. The molecule has 2 nitrogen and oxygen atoms in total. The molecule has 0 saturated carbocycles. The molecule has 0 aromatic heterocycles. The van der Waals surface area contributed by atoms with Crippen LogP contribution in [-0.2, 0) is 0 Å². The lowest BCUT2D eigenvalue weighted by Gasteiger charge is -2.31. The summed E-state index contributed by atoms with van der Waals surface area (Å²) in [5, 5.41) is 0. The summed E-state index contributed by atoms with van der Waals surface area (Å²) in [6.07, 6.45) is 0. The first-order valence-electron chi connectivity index (χ1n) is 5.45. The largest absolute Gasteiger partial charge is 0.453 e. The predicted molar refractivity (Wildman–Crippen MR) is 64.5 cm³/mol. The van der Waals surface area contributed by atoms with Crippen LogP contribution in [0.15, 0.2) is 42.5 Å². The van der Waals surface area contributed by atoms with Crippen LogP contribution in [0.3, 0.4) is 0 Å². The number of hydrogen-bond donors (Lipinski definition) is 0. The lowest BCUT2D eigenvalue weighted by molar-refractivity contribution is 0.473. The van der Waals surface area contributed by atoms with Gasteiger partial charge in [0.25, 0.3) is 0 Å². The van der Waals surface area contributed by atoms with Crippen molar-refractivity contribution < 1.29 is 4.74 Å². The third kappa shape index (κ3) is 1.27. The molecule has 16 heavy (non-hydrogen) atoms. The molecule has 0 unspecified atom stereocenters. The normalized spacial score (nSPS) is 12.7. The molecule has 2 heteroatoms. The van der Waals surface area contributed by atoms with Crippen LogP contribution in [0.2, 0.25) is 0 Å². The van der Waals surface area contributed by atoms with Gasteiger partial charge in [0.2, 0.25) is 0 Å². The van der Waals surface area contributed by atoms with Gasteiger partial charge in [-0.3, -0.25) is 0 Å². The van der Waals surface area contributed by atoms with Crippen LogP contribution in [0.4, 0.5) is 11.4 Å². The Labute approximate surface area is 95.1 Å². The summed E-state index contributed by atoms with van der Waals surface area (Å²) in [4.78, 5) is 2.22. The van der Waals surface area contributed by atoms with E-state index in [0.717, 1.165) is 29.4 Å². The second-order valence-corrected chi connectivity index (χ2v) is 3.70. The fourth-order valence-corrected chi connectivity index (χ4v) is 2.04. The van der Waals surface area contributed by atoms with Crippen molar-refractivity contribution in [1.82, 2.24) is 0 Å². The minimum atomic E-state index is 0.878. The molecule has 1 heterocycles. The molecule has 3 rings (SSSR count). The van der Waals surface area contributed by atoms with E-state index >= 15 is 0 Å². The molecule has 0 saturated heterocycles. The number of ether oxygens (including phenoxy) is 1. The number of fused-ring (bicyclic) bond motifs is 2. The molecule has 1 aliphatic heterocycles. The van der Waals surface area contributed by atoms with E-state index in [-0.39, 0.29) is 0 Å². The van der Waals surface area contributed by atoms with E-state index in [1.165, 1.54) is 0 Å². The van der Waals surface area contributed by atoms with E-state index in [4.69, 9.17) is 4.74 Å². The number of rotatable bonds is 1. The zero-order chi connectivity index (χ0) is 11.0. The fourth-order valence-electron chi connectivity index (χ4n) is 2.04. The molecule has 0 fully saturated rings. The van der Waals surface area contributed by atoms with E-state index < -0.39 is 0 Å². The summed E-state index contributed by atoms with van der Waals surface area (Å²) in [6.45, 7) is 3.04. The topological polar surface area (TPSA) is 12.5 Å². The molecule has 0 aliphatic carbocycles. The highest BCUT2D eigenvalue weighted by atomic mass is 16.5. The Morgan fingerprint density at radius 3 is 2.81 bits per heavy atom. The highest BCUT2D eigenvalue weighted by molar-refractivity contribution is 5.77. The van der Waals surface area contributed by atoms with Gasteiger partial charge < -0.3 is 9.64 Å². The van der Waals surface area contributed by atoms with Crippen LogP contribution < -0.4 is 9.64 Å². The molecule has 1 radical (unpaired) electrons. The highest BCUT2D eigenvalue weighted by Crippen LogP contribution is 2.45. The molecule has 2 aromatic carbocycles. The molecule has 1 aliphatic rings. The predicted octanol–water partition coefficient (Wildman–Crippen LogP) is 3.75. The summed E-state index contributed by atoms with van der Waals surface area (Å²) in [7, 11) is 0. The highest BCUT2D eigenvalue weighted by Gasteiger charge is 2.22. The summed E-state index contributed by atoms with van der Waals surface area (Å²) in [5.41, 5.74) is 2.13. The molecular formula is C14H12NO. The number of nitrogens with zero attached hydrogens (tertiary/aromatic N) is 1. The van der Waals surface area contributed by atoms with E-state index in [0.29, 0.717) is 0 Å². The molecule has 0 N–H and O–H groups in total. The molecular weight excluding hydrogens is 198 g/mol. The first-order valence-corrected chi connectivity index (χ1v) is 5.45. The first kappa shape index (κ1) is 9.28. The lowest BCUT2D eigenvalue weighted by Crippen LogP contribution is -2.20. The Morgan fingerprint density at radius 2 is 1.94 bits per heavy atom. The van der Waals surface area contributed by atoms with Crippen molar-refractivity contribution in [2.24, 2.45) is 0 Å². The van der Waals surface area contributed by atoms with Crippen LogP contribution in [0.1, 0.15) is 6.92 Å². The van der Waals surface area contributed by atoms with Crippen molar-refractivity contribution in [3.8, 4) is 11.5 Å². The summed E-state index contributed by atoms with van der Waals surface area (Å²) in [6, 6.07) is 17.2. The van der Waals surface area contributed by atoms with Gasteiger partial charge in [-0.2, -0.15) is 0 Å². The Kier molecular flexibility index (Phi) is 2.07. The molecule has 2 aromatic rings. The van der Waals surface area contributed by atoms with Gasteiger partial charge in [0.15, 0.2) is 11.5 Å². The van der Waals surface area contributed by atoms with Gasteiger partial charge >= 0.3 is 0 Å². The van der Waals surface area contributed by atoms with E-state index in [1.807, 2.05) is 36.4 Å². The number of benzene rings is 2. The first-order chi connectivity index (χ1) is 7.90. The summed E-state index contributed by atoms with van der Waals surface area (Å²) >= 11 is 0. The van der Waals surface area contributed by atoms with Gasteiger partial charge in [-0.1, -0.05) is 24.3 Å². The summed E-state index contributed by atoms with van der Waals surface area (Å²) in [5.74, 6) is 1.79. The second kappa shape index (κ2) is 3.56. The SMILES string of the molecule is CCN1c2[c]cccc2Oc2ccccc21. The van der Waals surface area contributed by atoms with Crippen molar-refractivity contribution in [3.05, 3.63) is 48.5 Å². The van der Waals surface area contributed by atoms with Crippen molar-refractivity contribution in [1.29, 1.82) is 0 Å². The minimum Gasteiger partial charge on any atom is -0.453 e. The Balaban J connectivity index is 2.19. The van der Waals surface area contributed by atoms with Crippen LogP contribution in [-0.4, -0.2) is 6.54 Å². The third-order valence-electron chi connectivity index (χ3n) is 2.76. The van der Waals surface area contributed by atoms with Crippen LogP contribution in [0, 0.1) is 6.07 Å². The lowest BCUT2D eigenvalue weighted by atomic mass is 10.1. The molecule has 0 spiro atoms. The van der Waals surface area contributed by atoms with Crippen molar-refractivity contribution >= 4 is 11.4 Å². The standard InChI is InChI=1S/C14H12NO/c1-2-15-11-7-3-5-9-13(11)16-14-10-6-4-8-12(14)15/h3-7,9-10H,2H2,1H3. The molecule has 0 bridgehead atoms. The van der Waals surface area contributed by atoms with Gasteiger partial charge in [-0.15, -0.1) is 0 Å². The minimum absolute atomic E-state index is 0.878. The van der Waals surface area contributed by atoms with Gasteiger partial charge in [-0.25, -0.2) is 0 Å². The second-order valence-electron chi connectivity index (χ2n) is 3.70. The average Bonchev–Trinajstić information content (AvgIpc) is 2.36. The summed E-state index contributed by atoms with van der Waals surface area (Å²) < 4.78 is 5.84. The smallest absolute Gasteiger partial charge is 0.151 e. The Morgan fingerprint density at radius 1 is 1.12 bits per heavy atom. The fraction of sp³-hybridized carbons (Fsp3) is 0.143. The maximum atomic E-state index is 5.84. The number of para-hydroxylation sites is 3. The van der Waals surface area contributed by atoms with Crippen LogP contribution in [0.25, 0.3) is 0 Å².